The summed E-state index contributed by atoms with van der Waals surface area (Å²) < 4.78 is 4.88. The number of carbonyl (C=O) groups is 2. The lowest BCUT2D eigenvalue weighted by Gasteiger charge is -2.06. The van der Waals surface area contributed by atoms with Gasteiger partial charge < -0.3 is 15.2 Å². The van der Waals surface area contributed by atoms with Crippen molar-refractivity contribution < 1.29 is 19.4 Å². The molecule has 0 aromatic rings. The van der Waals surface area contributed by atoms with E-state index in [-0.39, 0.29) is 18.9 Å². The molecule has 2 N–H and O–H groups in total. The van der Waals surface area contributed by atoms with Gasteiger partial charge in [-0.2, -0.15) is 0 Å². The van der Waals surface area contributed by atoms with E-state index >= 15 is 0 Å². The molecule has 0 spiro atoms. The van der Waals surface area contributed by atoms with Crippen LogP contribution >= 0.6 is 0 Å². The zero-order valence-electron chi connectivity index (χ0n) is 8.58. The number of esters is 1. The molecule has 0 saturated heterocycles. The minimum Gasteiger partial charge on any atom is -0.480 e. The maximum Gasteiger partial charge on any atom is 0.317 e. The Kier molecular flexibility index (Phi) is 6.74. The highest BCUT2D eigenvalue weighted by Crippen LogP contribution is 1.94. The van der Waals surface area contributed by atoms with Gasteiger partial charge in [0, 0.05) is 6.54 Å². The lowest BCUT2D eigenvalue weighted by Crippen LogP contribution is -2.25. The van der Waals surface area contributed by atoms with E-state index in [0.717, 1.165) is 0 Å². The molecule has 0 atom stereocenters. The second-order valence-corrected chi connectivity index (χ2v) is 3.40. The van der Waals surface area contributed by atoms with Crippen LogP contribution in [0.15, 0.2) is 0 Å². The highest BCUT2D eigenvalue weighted by atomic mass is 16.5. The van der Waals surface area contributed by atoms with Crippen LogP contribution in [-0.4, -0.2) is 36.7 Å². The average Bonchev–Trinajstić information content (AvgIpc) is 2.08. The average molecular weight is 203 g/mol. The van der Waals surface area contributed by atoms with Crippen molar-refractivity contribution in [2.24, 2.45) is 5.92 Å². The van der Waals surface area contributed by atoms with Crippen LogP contribution in [0.25, 0.3) is 0 Å². The normalized spacial score (nSPS) is 10.2. The fraction of sp³-hybridized carbons (Fsp3) is 0.778. The number of rotatable bonds is 7. The van der Waals surface area contributed by atoms with E-state index in [4.69, 9.17) is 9.84 Å². The molecule has 0 aliphatic carbocycles. The van der Waals surface area contributed by atoms with E-state index < -0.39 is 5.97 Å². The number of carboxylic acids is 1. The molecule has 0 radical (unpaired) electrons. The molecule has 0 aliphatic heterocycles. The Hall–Kier alpha value is -1.10. The third-order valence-electron chi connectivity index (χ3n) is 1.36. The summed E-state index contributed by atoms with van der Waals surface area (Å²) in [6, 6.07) is 0. The van der Waals surface area contributed by atoms with Gasteiger partial charge in [-0.15, -0.1) is 0 Å². The Morgan fingerprint density at radius 1 is 1.43 bits per heavy atom. The Morgan fingerprint density at radius 2 is 2.07 bits per heavy atom. The van der Waals surface area contributed by atoms with Crippen LogP contribution < -0.4 is 5.32 Å². The molecule has 0 aromatic heterocycles. The first kappa shape index (κ1) is 12.9. The van der Waals surface area contributed by atoms with E-state index in [9.17, 15) is 9.59 Å². The number of hydrogen-bond acceptors (Lipinski definition) is 4. The first-order chi connectivity index (χ1) is 6.52. The van der Waals surface area contributed by atoms with Gasteiger partial charge in [0.05, 0.1) is 19.6 Å². The quantitative estimate of drug-likeness (QED) is 0.458. The largest absolute Gasteiger partial charge is 0.480 e. The van der Waals surface area contributed by atoms with Crippen molar-refractivity contribution in [3.63, 3.8) is 0 Å². The van der Waals surface area contributed by atoms with E-state index in [0.29, 0.717) is 19.1 Å². The molecule has 14 heavy (non-hydrogen) atoms. The Morgan fingerprint density at radius 3 is 2.57 bits per heavy atom. The SMILES string of the molecule is CC(C)COC(=O)CCNCC(=O)O. The molecule has 0 aromatic carbocycles. The van der Waals surface area contributed by atoms with Gasteiger partial charge in [0.2, 0.25) is 0 Å². The number of ether oxygens (including phenoxy) is 1. The summed E-state index contributed by atoms with van der Waals surface area (Å²) in [5.41, 5.74) is 0. The number of hydrogen-bond donors (Lipinski definition) is 2. The molecule has 5 heteroatoms. The first-order valence-electron chi connectivity index (χ1n) is 4.60. The van der Waals surface area contributed by atoms with Crippen LogP contribution in [0.4, 0.5) is 0 Å². The third kappa shape index (κ3) is 8.99. The number of aliphatic carboxylic acids is 1. The lowest BCUT2D eigenvalue weighted by molar-refractivity contribution is -0.145. The maximum absolute atomic E-state index is 11.0. The second kappa shape index (κ2) is 7.32. The van der Waals surface area contributed by atoms with Crippen LogP contribution in [0.3, 0.4) is 0 Å². The lowest BCUT2D eigenvalue weighted by atomic mass is 10.2. The minimum absolute atomic E-state index is 0.128. The number of nitrogens with one attached hydrogen (secondary N) is 1. The first-order valence-corrected chi connectivity index (χ1v) is 4.60. The summed E-state index contributed by atoms with van der Waals surface area (Å²) >= 11 is 0. The molecular formula is C9H17NO4. The molecule has 0 saturated carbocycles. The van der Waals surface area contributed by atoms with Crippen molar-refractivity contribution in [3.05, 3.63) is 0 Å². The maximum atomic E-state index is 11.0. The van der Waals surface area contributed by atoms with Crippen molar-refractivity contribution in [2.75, 3.05) is 19.7 Å². The summed E-state index contributed by atoms with van der Waals surface area (Å²) in [5, 5.41) is 10.9. The van der Waals surface area contributed by atoms with E-state index in [1.807, 2.05) is 13.8 Å². The molecule has 0 fully saturated rings. The molecule has 5 nitrogen and oxygen atoms in total. The third-order valence-corrected chi connectivity index (χ3v) is 1.36. The fourth-order valence-electron chi connectivity index (χ4n) is 0.718. The number of carbonyl (C=O) groups excluding carboxylic acids is 1. The van der Waals surface area contributed by atoms with Crippen LogP contribution in [-0.2, 0) is 14.3 Å². The summed E-state index contributed by atoms with van der Waals surface area (Å²) in [4.78, 5) is 21.1. The predicted molar refractivity (Wildman–Crippen MR) is 50.9 cm³/mol. The molecule has 0 aliphatic rings. The zero-order chi connectivity index (χ0) is 11.0. The van der Waals surface area contributed by atoms with Gasteiger partial charge >= 0.3 is 11.9 Å². The van der Waals surface area contributed by atoms with Gasteiger partial charge in [-0.3, -0.25) is 9.59 Å². The highest BCUT2D eigenvalue weighted by molar-refractivity contribution is 5.70. The van der Waals surface area contributed by atoms with Crippen LogP contribution in [0.5, 0.6) is 0 Å². The Labute approximate surface area is 83.4 Å². The summed E-state index contributed by atoms with van der Waals surface area (Å²) in [7, 11) is 0. The van der Waals surface area contributed by atoms with Gasteiger partial charge in [0.15, 0.2) is 0 Å². The van der Waals surface area contributed by atoms with Gasteiger partial charge in [-0.05, 0) is 5.92 Å². The van der Waals surface area contributed by atoms with Gasteiger partial charge in [0.1, 0.15) is 0 Å². The molecular weight excluding hydrogens is 186 g/mol. The highest BCUT2D eigenvalue weighted by Gasteiger charge is 2.04. The van der Waals surface area contributed by atoms with Gasteiger partial charge in [-0.1, -0.05) is 13.8 Å². The van der Waals surface area contributed by atoms with E-state index in [1.165, 1.54) is 0 Å². The van der Waals surface area contributed by atoms with Crippen molar-refractivity contribution in [2.45, 2.75) is 20.3 Å². The van der Waals surface area contributed by atoms with Gasteiger partial charge in [0.25, 0.3) is 0 Å². The standard InChI is InChI=1S/C9H17NO4/c1-7(2)6-14-9(13)3-4-10-5-8(11)12/h7,10H,3-6H2,1-2H3,(H,11,12). The topological polar surface area (TPSA) is 75.6 Å². The van der Waals surface area contributed by atoms with Crippen LogP contribution in [0.2, 0.25) is 0 Å². The fourth-order valence-corrected chi connectivity index (χ4v) is 0.718. The predicted octanol–water partition coefficient (Wildman–Crippen LogP) is 0.250. The minimum atomic E-state index is -0.930. The van der Waals surface area contributed by atoms with Crippen molar-refractivity contribution in [1.29, 1.82) is 0 Å². The molecule has 0 heterocycles. The summed E-state index contributed by atoms with van der Waals surface area (Å²) in [6.45, 7) is 4.53. The van der Waals surface area contributed by atoms with Crippen LogP contribution in [0.1, 0.15) is 20.3 Å². The number of carboxylic acid groups (broad SMARTS) is 1. The Bertz CT molecular complexity index is 191. The molecule has 0 rings (SSSR count). The van der Waals surface area contributed by atoms with Crippen LogP contribution in [0, 0.1) is 5.92 Å². The van der Waals surface area contributed by atoms with E-state index in [2.05, 4.69) is 5.32 Å². The Balaban J connectivity index is 3.31. The zero-order valence-corrected chi connectivity index (χ0v) is 8.58. The molecule has 82 valence electrons. The molecule has 0 bridgehead atoms. The van der Waals surface area contributed by atoms with E-state index in [1.54, 1.807) is 0 Å². The van der Waals surface area contributed by atoms with Crippen molar-refractivity contribution >= 4 is 11.9 Å². The second-order valence-electron chi connectivity index (χ2n) is 3.40. The summed E-state index contributed by atoms with van der Waals surface area (Å²) in [5.74, 6) is -0.900. The molecule has 0 amide bonds. The van der Waals surface area contributed by atoms with Crippen molar-refractivity contribution in [1.82, 2.24) is 5.32 Å². The molecule has 0 unspecified atom stereocenters. The monoisotopic (exact) mass is 203 g/mol. The van der Waals surface area contributed by atoms with Crippen molar-refractivity contribution in [3.8, 4) is 0 Å². The summed E-state index contributed by atoms with van der Waals surface area (Å²) in [6.07, 6.45) is 0.208. The smallest absolute Gasteiger partial charge is 0.317 e. The van der Waals surface area contributed by atoms with Gasteiger partial charge in [-0.25, -0.2) is 0 Å².